The highest BCUT2D eigenvalue weighted by atomic mass is 16.7. The van der Waals surface area contributed by atoms with Gasteiger partial charge in [-0.25, -0.2) is 4.68 Å². The molecule has 1 saturated carbocycles. The lowest BCUT2D eigenvalue weighted by atomic mass is 9.89. The average molecular weight is 388 g/mol. The fourth-order valence-corrected chi connectivity index (χ4v) is 3.71. The summed E-state index contributed by atoms with van der Waals surface area (Å²) in [7, 11) is 1.33. The van der Waals surface area contributed by atoms with E-state index in [0.29, 0.717) is 17.3 Å². The number of esters is 1. The maximum Gasteiger partial charge on any atom is 0.327 e. The van der Waals surface area contributed by atoms with Crippen LogP contribution in [-0.4, -0.2) is 52.2 Å². The number of carbonyl (C=O) groups is 1. The van der Waals surface area contributed by atoms with Gasteiger partial charge in [-0.1, -0.05) is 18.9 Å². The van der Waals surface area contributed by atoms with Gasteiger partial charge < -0.3 is 19.9 Å². The minimum Gasteiger partial charge on any atom is -0.468 e. The molecule has 0 amide bonds. The molecule has 150 valence electrons. The van der Waals surface area contributed by atoms with Gasteiger partial charge in [0.1, 0.15) is 6.54 Å². The molecule has 4 rings (SSSR count). The van der Waals surface area contributed by atoms with E-state index in [4.69, 9.17) is 19.9 Å². The summed E-state index contributed by atoms with van der Waals surface area (Å²) in [4.78, 5) is 11.8. The van der Waals surface area contributed by atoms with Crippen LogP contribution < -0.4 is 20.5 Å². The molecular weight excluding hydrogens is 364 g/mol. The van der Waals surface area contributed by atoms with E-state index in [0.717, 1.165) is 31.2 Å². The molecule has 0 radical (unpaired) electrons. The molecule has 0 bridgehead atoms. The maximum absolute atomic E-state index is 11.8. The lowest BCUT2D eigenvalue weighted by Crippen LogP contribution is -2.49. The number of rotatable bonds is 6. The molecule has 3 N–H and O–H groups in total. The molecule has 10 nitrogen and oxygen atoms in total. The van der Waals surface area contributed by atoms with Crippen molar-refractivity contribution in [2.24, 2.45) is 5.73 Å². The summed E-state index contributed by atoms with van der Waals surface area (Å²) in [6.07, 6.45) is 4.19. The van der Waals surface area contributed by atoms with Gasteiger partial charge in [0, 0.05) is 12.1 Å². The van der Waals surface area contributed by atoms with E-state index in [-0.39, 0.29) is 31.5 Å². The number of nitrogens with one attached hydrogen (secondary N) is 1. The minimum atomic E-state index is -0.424. The van der Waals surface area contributed by atoms with E-state index in [1.807, 2.05) is 18.2 Å². The number of methoxy groups -OCH3 is 1. The normalized spacial score (nSPS) is 22.1. The number of carbonyl (C=O) groups excluding carboxylic acids is 1. The molecule has 2 aromatic rings. The number of tetrazole rings is 1. The Hall–Kier alpha value is -2.72. The molecule has 1 aromatic heterocycles. The van der Waals surface area contributed by atoms with E-state index in [1.54, 1.807) is 0 Å². The number of nitrogens with zero attached hydrogens (tertiary/aromatic N) is 4. The van der Waals surface area contributed by atoms with Crippen molar-refractivity contribution >= 4 is 5.97 Å². The minimum absolute atomic E-state index is 0.0511. The van der Waals surface area contributed by atoms with Crippen molar-refractivity contribution in [3.8, 4) is 11.5 Å². The molecule has 10 heteroatoms. The Balaban J connectivity index is 1.67. The molecular formula is C18H24N6O4. The van der Waals surface area contributed by atoms with Crippen LogP contribution in [0.25, 0.3) is 0 Å². The van der Waals surface area contributed by atoms with Gasteiger partial charge >= 0.3 is 5.97 Å². The van der Waals surface area contributed by atoms with Gasteiger partial charge in [0.15, 0.2) is 17.3 Å². The van der Waals surface area contributed by atoms with Crippen molar-refractivity contribution in [3.63, 3.8) is 0 Å². The summed E-state index contributed by atoms with van der Waals surface area (Å²) in [5.74, 6) is 1.46. The lowest BCUT2D eigenvalue weighted by Gasteiger charge is -2.33. The first-order valence-corrected chi connectivity index (χ1v) is 9.39. The van der Waals surface area contributed by atoms with Gasteiger partial charge in [-0.15, -0.1) is 5.10 Å². The fraction of sp³-hybridized carbons (Fsp3) is 0.556. The van der Waals surface area contributed by atoms with Gasteiger partial charge in [-0.05, 0) is 41.0 Å². The van der Waals surface area contributed by atoms with E-state index in [1.165, 1.54) is 11.8 Å². The highest BCUT2D eigenvalue weighted by molar-refractivity contribution is 5.68. The van der Waals surface area contributed by atoms with Crippen LogP contribution in [0, 0.1) is 0 Å². The highest BCUT2D eigenvalue weighted by Gasteiger charge is 2.30. The monoisotopic (exact) mass is 388 g/mol. The molecule has 0 saturated heterocycles. The van der Waals surface area contributed by atoms with Crippen molar-refractivity contribution in [3.05, 3.63) is 29.6 Å². The number of benzene rings is 1. The third-order valence-corrected chi connectivity index (χ3v) is 5.25. The first-order valence-electron chi connectivity index (χ1n) is 9.39. The smallest absolute Gasteiger partial charge is 0.327 e. The van der Waals surface area contributed by atoms with Crippen LogP contribution in [-0.2, 0) is 16.1 Å². The van der Waals surface area contributed by atoms with Crippen LogP contribution >= 0.6 is 0 Å². The molecule has 0 spiro atoms. The second-order valence-corrected chi connectivity index (χ2v) is 7.04. The Morgan fingerprint density at radius 2 is 2.18 bits per heavy atom. The number of hydrogen-bond acceptors (Lipinski definition) is 9. The first kappa shape index (κ1) is 18.6. The van der Waals surface area contributed by atoms with Crippen LogP contribution in [0.2, 0.25) is 0 Å². The molecule has 1 aliphatic heterocycles. The predicted octanol–water partition coefficient (Wildman–Crippen LogP) is 0.524. The first-order chi connectivity index (χ1) is 13.7. The Morgan fingerprint density at radius 3 is 3.00 bits per heavy atom. The van der Waals surface area contributed by atoms with Gasteiger partial charge in [0.25, 0.3) is 0 Å². The number of hydrogen-bond donors (Lipinski definition) is 2. The molecule has 2 heterocycles. The van der Waals surface area contributed by atoms with Gasteiger partial charge in [0.2, 0.25) is 6.79 Å². The number of ether oxygens (including phenoxy) is 3. The Bertz CT molecular complexity index is 841. The summed E-state index contributed by atoms with van der Waals surface area (Å²) < 4.78 is 17.1. The summed E-state index contributed by atoms with van der Waals surface area (Å²) in [6.45, 7) is 0.128. The third-order valence-electron chi connectivity index (χ3n) is 5.25. The fourth-order valence-electron chi connectivity index (χ4n) is 3.71. The van der Waals surface area contributed by atoms with Gasteiger partial charge in [0.05, 0.1) is 13.2 Å². The summed E-state index contributed by atoms with van der Waals surface area (Å²) >= 11 is 0. The van der Waals surface area contributed by atoms with Crippen molar-refractivity contribution in [1.29, 1.82) is 0 Å². The van der Waals surface area contributed by atoms with Crippen LogP contribution in [0.3, 0.4) is 0 Å². The predicted molar refractivity (Wildman–Crippen MR) is 97.6 cm³/mol. The molecule has 1 aromatic carbocycles. The SMILES string of the molecule is COC(=O)Cn1nnnc1C(NC1CCCCC1N)c1ccc2c(c1)OCO2. The van der Waals surface area contributed by atoms with E-state index in [2.05, 4.69) is 20.8 Å². The maximum atomic E-state index is 11.8. The van der Waals surface area contributed by atoms with Gasteiger partial charge in [-0.3, -0.25) is 10.1 Å². The number of aromatic nitrogens is 4. The van der Waals surface area contributed by atoms with Crippen LogP contribution in [0.1, 0.15) is 43.1 Å². The average Bonchev–Trinajstić information content (AvgIpc) is 3.36. The lowest BCUT2D eigenvalue weighted by molar-refractivity contribution is -0.141. The summed E-state index contributed by atoms with van der Waals surface area (Å²) in [5.41, 5.74) is 7.25. The zero-order valence-electron chi connectivity index (χ0n) is 15.7. The Morgan fingerprint density at radius 1 is 1.36 bits per heavy atom. The zero-order valence-corrected chi connectivity index (χ0v) is 15.7. The Kier molecular flexibility index (Phi) is 5.40. The summed E-state index contributed by atoms with van der Waals surface area (Å²) in [6, 6.07) is 5.52. The number of nitrogens with two attached hydrogens (primary N) is 1. The van der Waals surface area contributed by atoms with E-state index >= 15 is 0 Å². The standard InChI is InChI=1S/C18H24N6O4/c1-26-16(25)9-24-18(21-22-23-24)17(20-13-5-3-2-4-12(13)19)11-6-7-14-15(8-11)28-10-27-14/h6-8,12-13,17,20H,2-5,9-10,19H2,1H3. The molecule has 3 atom stereocenters. The number of fused-ring (bicyclic) bond motifs is 1. The van der Waals surface area contributed by atoms with Crippen LogP contribution in [0.15, 0.2) is 18.2 Å². The quantitative estimate of drug-likeness (QED) is 0.681. The topological polar surface area (TPSA) is 126 Å². The molecule has 1 aliphatic carbocycles. The van der Waals surface area contributed by atoms with Crippen molar-refractivity contribution in [2.45, 2.75) is 50.4 Å². The zero-order chi connectivity index (χ0) is 19.5. The molecule has 3 unspecified atom stereocenters. The highest BCUT2D eigenvalue weighted by Crippen LogP contribution is 2.36. The molecule has 2 aliphatic rings. The summed E-state index contributed by atoms with van der Waals surface area (Å²) in [5, 5.41) is 15.5. The van der Waals surface area contributed by atoms with Crippen LogP contribution in [0.5, 0.6) is 11.5 Å². The van der Waals surface area contributed by atoms with Crippen molar-refractivity contribution < 1.29 is 19.0 Å². The van der Waals surface area contributed by atoms with Crippen molar-refractivity contribution in [1.82, 2.24) is 25.5 Å². The van der Waals surface area contributed by atoms with E-state index in [9.17, 15) is 4.79 Å². The van der Waals surface area contributed by atoms with Crippen LogP contribution in [0.4, 0.5) is 0 Å². The van der Waals surface area contributed by atoms with Gasteiger partial charge in [-0.2, -0.15) is 0 Å². The second-order valence-electron chi connectivity index (χ2n) is 7.04. The molecule has 1 fully saturated rings. The second kappa shape index (κ2) is 8.11. The van der Waals surface area contributed by atoms with Crippen molar-refractivity contribution in [2.75, 3.05) is 13.9 Å². The molecule has 28 heavy (non-hydrogen) atoms. The largest absolute Gasteiger partial charge is 0.468 e. The Labute approximate surface area is 162 Å². The van der Waals surface area contributed by atoms with E-state index < -0.39 is 5.97 Å². The third kappa shape index (κ3) is 3.78.